The van der Waals surface area contributed by atoms with Gasteiger partial charge in [-0.25, -0.2) is 0 Å². The van der Waals surface area contributed by atoms with E-state index in [1.54, 1.807) is 0 Å². The smallest absolute Gasteiger partial charge is 0.0347 e. The van der Waals surface area contributed by atoms with Crippen molar-refractivity contribution in [2.24, 2.45) is 0 Å². The molecule has 0 aromatic carbocycles. The van der Waals surface area contributed by atoms with Crippen molar-refractivity contribution in [2.45, 2.75) is 26.8 Å². The molecular formula is C11H20N2. The van der Waals surface area contributed by atoms with E-state index >= 15 is 0 Å². The van der Waals surface area contributed by atoms with Crippen molar-refractivity contribution in [3.63, 3.8) is 0 Å². The fourth-order valence-electron chi connectivity index (χ4n) is 1.52. The van der Waals surface area contributed by atoms with Crippen LogP contribution in [0, 0.1) is 0 Å². The van der Waals surface area contributed by atoms with Crippen LogP contribution in [0.5, 0.6) is 0 Å². The maximum atomic E-state index is 2.49. The number of hydrogen-bond acceptors (Lipinski definition) is 1. The van der Waals surface area contributed by atoms with E-state index in [0.717, 1.165) is 13.1 Å². The zero-order valence-corrected chi connectivity index (χ0v) is 8.74. The fourth-order valence-corrected chi connectivity index (χ4v) is 1.52. The normalized spacial score (nSPS) is 11.0. The van der Waals surface area contributed by atoms with Gasteiger partial charge in [0.1, 0.15) is 0 Å². The average Bonchev–Trinajstić information content (AvgIpc) is 2.64. The van der Waals surface area contributed by atoms with Crippen LogP contribution in [0.4, 0.5) is 0 Å². The summed E-state index contributed by atoms with van der Waals surface area (Å²) in [6.07, 6.45) is 5.50. The molecule has 0 spiro atoms. The van der Waals surface area contributed by atoms with E-state index in [-0.39, 0.29) is 0 Å². The minimum absolute atomic E-state index is 1.11. The van der Waals surface area contributed by atoms with Crippen molar-refractivity contribution >= 4 is 0 Å². The zero-order valence-electron chi connectivity index (χ0n) is 8.74. The summed E-state index contributed by atoms with van der Waals surface area (Å²) in [7, 11) is 0. The second kappa shape index (κ2) is 5.81. The van der Waals surface area contributed by atoms with E-state index in [1.165, 1.54) is 19.5 Å². The number of rotatable bonds is 6. The van der Waals surface area contributed by atoms with Crippen LogP contribution < -0.4 is 0 Å². The van der Waals surface area contributed by atoms with E-state index in [4.69, 9.17) is 0 Å². The molecule has 0 atom stereocenters. The summed E-state index contributed by atoms with van der Waals surface area (Å²) in [6, 6.07) is 4.16. The Kier molecular flexibility index (Phi) is 4.61. The maximum Gasteiger partial charge on any atom is 0.0347 e. The SMILES string of the molecule is CCCN(CC)CCn1cccc1. The molecule has 13 heavy (non-hydrogen) atoms. The summed E-state index contributed by atoms with van der Waals surface area (Å²) < 4.78 is 2.23. The minimum Gasteiger partial charge on any atom is -0.353 e. The highest BCUT2D eigenvalue weighted by Gasteiger charge is 1.99. The topological polar surface area (TPSA) is 8.17 Å². The third kappa shape index (κ3) is 3.64. The van der Waals surface area contributed by atoms with Crippen LogP contribution in [0.3, 0.4) is 0 Å². The summed E-state index contributed by atoms with van der Waals surface area (Å²) in [4.78, 5) is 2.49. The van der Waals surface area contributed by atoms with Crippen LogP contribution in [0.15, 0.2) is 24.5 Å². The molecule has 0 aliphatic heterocycles. The first kappa shape index (κ1) is 10.3. The lowest BCUT2D eigenvalue weighted by molar-refractivity contribution is 0.277. The number of nitrogens with zero attached hydrogens (tertiary/aromatic N) is 2. The lowest BCUT2D eigenvalue weighted by Gasteiger charge is -2.19. The summed E-state index contributed by atoms with van der Waals surface area (Å²) in [5.74, 6) is 0. The molecular weight excluding hydrogens is 160 g/mol. The summed E-state index contributed by atoms with van der Waals surface area (Å²) in [6.45, 7) is 9.12. The molecule has 0 amide bonds. The van der Waals surface area contributed by atoms with Crippen LogP contribution in [-0.2, 0) is 6.54 Å². The van der Waals surface area contributed by atoms with Gasteiger partial charge in [0, 0.05) is 25.5 Å². The number of hydrogen-bond donors (Lipinski definition) is 0. The van der Waals surface area contributed by atoms with Crippen molar-refractivity contribution in [3.05, 3.63) is 24.5 Å². The Balaban J connectivity index is 2.23. The molecule has 0 radical (unpaired) electrons. The molecule has 0 saturated carbocycles. The highest BCUT2D eigenvalue weighted by Crippen LogP contribution is 1.94. The van der Waals surface area contributed by atoms with Crippen molar-refractivity contribution in [3.8, 4) is 0 Å². The first-order chi connectivity index (χ1) is 6.36. The second-order valence-electron chi connectivity index (χ2n) is 3.36. The first-order valence-corrected chi connectivity index (χ1v) is 5.20. The van der Waals surface area contributed by atoms with Gasteiger partial charge in [-0.15, -0.1) is 0 Å². The number of aromatic nitrogens is 1. The van der Waals surface area contributed by atoms with Gasteiger partial charge in [-0.2, -0.15) is 0 Å². The maximum absolute atomic E-state index is 2.49. The third-order valence-corrected chi connectivity index (χ3v) is 2.33. The molecule has 74 valence electrons. The van der Waals surface area contributed by atoms with Gasteiger partial charge < -0.3 is 9.47 Å². The van der Waals surface area contributed by atoms with Gasteiger partial charge in [-0.05, 0) is 31.6 Å². The van der Waals surface area contributed by atoms with Crippen LogP contribution >= 0.6 is 0 Å². The molecule has 2 heteroatoms. The monoisotopic (exact) mass is 180 g/mol. The molecule has 2 nitrogen and oxygen atoms in total. The van der Waals surface area contributed by atoms with E-state index in [9.17, 15) is 0 Å². The van der Waals surface area contributed by atoms with Gasteiger partial charge in [-0.3, -0.25) is 0 Å². The zero-order chi connectivity index (χ0) is 9.52. The Bertz CT molecular complexity index is 204. The van der Waals surface area contributed by atoms with Gasteiger partial charge in [-0.1, -0.05) is 13.8 Å². The van der Waals surface area contributed by atoms with Gasteiger partial charge in [0.2, 0.25) is 0 Å². The van der Waals surface area contributed by atoms with Crippen molar-refractivity contribution < 1.29 is 0 Å². The van der Waals surface area contributed by atoms with Crippen LogP contribution in [0.25, 0.3) is 0 Å². The molecule has 0 bridgehead atoms. The molecule has 1 aromatic heterocycles. The largest absolute Gasteiger partial charge is 0.353 e. The lowest BCUT2D eigenvalue weighted by atomic mass is 10.4. The molecule has 0 saturated heterocycles. The highest BCUT2D eigenvalue weighted by atomic mass is 15.1. The number of likely N-dealkylation sites (N-methyl/N-ethyl adjacent to an activating group) is 1. The third-order valence-electron chi connectivity index (χ3n) is 2.33. The van der Waals surface area contributed by atoms with Crippen LogP contribution in [-0.4, -0.2) is 29.1 Å². The summed E-state index contributed by atoms with van der Waals surface area (Å²) >= 11 is 0. The van der Waals surface area contributed by atoms with Crippen LogP contribution in [0.1, 0.15) is 20.3 Å². The standard InChI is InChI=1S/C11H20N2/c1-3-7-12(4-2)10-11-13-8-5-6-9-13/h5-6,8-9H,3-4,7,10-11H2,1-2H3. The Morgan fingerprint density at radius 3 is 2.31 bits per heavy atom. The molecule has 1 aromatic rings. The Morgan fingerprint density at radius 2 is 1.77 bits per heavy atom. The molecule has 0 aliphatic carbocycles. The van der Waals surface area contributed by atoms with Gasteiger partial charge >= 0.3 is 0 Å². The van der Waals surface area contributed by atoms with E-state index in [2.05, 4.69) is 47.8 Å². The van der Waals surface area contributed by atoms with Crippen LogP contribution in [0.2, 0.25) is 0 Å². The first-order valence-electron chi connectivity index (χ1n) is 5.20. The average molecular weight is 180 g/mol. The van der Waals surface area contributed by atoms with Crippen molar-refractivity contribution in [1.29, 1.82) is 0 Å². The predicted octanol–water partition coefficient (Wildman–Crippen LogP) is 2.22. The molecule has 0 unspecified atom stereocenters. The molecule has 1 heterocycles. The quantitative estimate of drug-likeness (QED) is 0.651. The Labute approximate surface area is 81.2 Å². The van der Waals surface area contributed by atoms with Gasteiger partial charge in [0.25, 0.3) is 0 Å². The van der Waals surface area contributed by atoms with Gasteiger partial charge in [0.15, 0.2) is 0 Å². The predicted molar refractivity (Wildman–Crippen MR) is 56.8 cm³/mol. The highest BCUT2D eigenvalue weighted by molar-refractivity contribution is 4.90. The lowest BCUT2D eigenvalue weighted by Crippen LogP contribution is -2.27. The molecule has 0 fully saturated rings. The van der Waals surface area contributed by atoms with Gasteiger partial charge in [0.05, 0.1) is 0 Å². The molecule has 0 aliphatic rings. The van der Waals surface area contributed by atoms with Crippen molar-refractivity contribution in [1.82, 2.24) is 9.47 Å². The fraction of sp³-hybridized carbons (Fsp3) is 0.636. The van der Waals surface area contributed by atoms with E-state index < -0.39 is 0 Å². The van der Waals surface area contributed by atoms with Crippen molar-refractivity contribution in [2.75, 3.05) is 19.6 Å². The molecule has 0 N–H and O–H groups in total. The Hall–Kier alpha value is -0.760. The summed E-state index contributed by atoms with van der Waals surface area (Å²) in [5, 5.41) is 0. The van der Waals surface area contributed by atoms with E-state index in [0.29, 0.717) is 0 Å². The van der Waals surface area contributed by atoms with E-state index in [1.807, 2.05) is 0 Å². The minimum atomic E-state index is 1.11. The Morgan fingerprint density at radius 1 is 1.08 bits per heavy atom. The second-order valence-corrected chi connectivity index (χ2v) is 3.36. The molecule has 1 rings (SSSR count). The summed E-state index contributed by atoms with van der Waals surface area (Å²) in [5.41, 5.74) is 0.